The molecule has 6 nitrogen and oxygen atoms in total. The summed E-state index contributed by atoms with van der Waals surface area (Å²) in [5.74, 6) is 2.60. The molecule has 0 spiro atoms. The first-order chi connectivity index (χ1) is 9.40. The van der Waals surface area contributed by atoms with Crippen molar-refractivity contribution in [3.8, 4) is 0 Å². The van der Waals surface area contributed by atoms with Crippen LogP contribution in [0.2, 0.25) is 0 Å². The van der Waals surface area contributed by atoms with Crippen LogP contribution in [0.4, 0.5) is 11.6 Å². The first-order valence-corrected chi connectivity index (χ1v) is 6.99. The largest absolute Gasteiger partial charge is 0.373 e. The molecule has 1 fully saturated rings. The van der Waals surface area contributed by atoms with Crippen LogP contribution in [0.25, 0.3) is 0 Å². The zero-order valence-electron chi connectivity index (χ0n) is 12.7. The summed E-state index contributed by atoms with van der Waals surface area (Å²) < 4.78 is 0. The second kappa shape index (κ2) is 5.64. The average molecular weight is 277 g/mol. The Balaban J connectivity index is 2.32. The van der Waals surface area contributed by atoms with Crippen molar-refractivity contribution in [3.63, 3.8) is 0 Å². The molecular weight excluding hydrogens is 254 g/mol. The number of aromatic nitrogens is 2. The number of nitrogens with one attached hydrogen (secondary N) is 2. The summed E-state index contributed by atoms with van der Waals surface area (Å²) in [6.45, 7) is 8.41. The van der Waals surface area contributed by atoms with Crippen LogP contribution in [-0.4, -0.2) is 42.6 Å². The van der Waals surface area contributed by atoms with Gasteiger partial charge in [0.25, 0.3) is 0 Å². The van der Waals surface area contributed by atoms with Crippen LogP contribution in [0.1, 0.15) is 33.0 Å². The van der Waals surface area contributed by atoms with Gasteiger partial charge in [0.2, 0.25) is 5.91 Å². The van der Waals surface area contributed by atoms with Crippen molar-refractivity contribution in [1.82, 2.24) is 15.3 Å². The van der Waals surface area contributed by atoms with Gasteiger partial charge in [-0.1, -0.05) is 20.8 Å². The van der Waals surface area contributed by atoms with Gasteiger partial charge in [-0.25, -0.2) is 9.97 Å². The Labute approximate surface area is 120 Å². The summed E-state index contributed by atoms with van der Waals surface area (Å²) in [5.41, 5.74) is -0.110. The lowest BCUT2D eigenvalue weighted by atomic mass is 9.96. The van der Waals surface area contributed by atoms with Gasteiger partial charge in [0, 0.05) is 44.6 Å². The lowest BCUT2D eigenvalue weighted by molar-refractivity contribution is -0.120. The Morgan fingerprint density at radius 1 is 1.30 bits per heavy atom. The molecule has 1 aliphatic rings. The van der Waals surface area contributed by atoms with E-state index in [9.17, 15) is 4.79 Å². The van der Waals surface area contributed by atoms with E-state index in [1.165, 1.54) is 0 Å². The minimum absolute atomic E-state index is 0.103. The Morgan fingerprint density at radius 3 is 2.70 bits per heavy atom. The van der Waals surface area contributed by atoms with E-state index in [2.05, 4.69) is 46.3 Å². The summed E-state index contributed by atoms with van der Waals surface area (Å²) in [5, 5.41) is 5.96. The Bertz CT molecular complexity index is 495. The van der Waals surface area contributed by atoms with Gasteiger partial charge in [0.15, 0.2) is 0 Å². The van der Waals surface area contributed by atoms with E-state index in [0.717, 1.165) is 24.0 Å². The monoisotopic (exact) mass is 277 g/mol. The lowest BCUT2D eigenvalue weighted by Gasteiger charge is -2.24. The summed E-state index contributed by atoms with van der Waals surface area (Å²) in [6, 6.07) is 1.94. The number of nitrogens with zero attached hydrogens (tertiary/aromatic N) is 3. The van der Waals surface area contributed by atoms with E-state index in [0.29, 0.717) is 19.5 Å². The standard InChI is InChI=1S/C14H23N5O/c1-14(2,3)13-17-10(15-4)9-11(18-13)19-7-5-12(20)16-6-8-19/h9H,5-8H2,1-4H3,(H,16,20)(H,15,17,18). The third-order valence-corrected chi connectivity index (χ3v) is 3.28. The van der Waals surface area contributed by atoms with Crippen molar-refractivity contribution in [2.24, 2.45) is 0 Å². The summed E-state index contributed by atoms with van der Waals surface area (Å²) in [6.07, 6.45) is 0.504. The van der Waals surface area contributed by atoms with Crippen molar-refractivity contribution < 1.29 is 4.79 Å². The van der Waals surface area contributed by atoms with E-state index in [1.54, 1.807) is 0 Å². The number of hydrogen-bond donors (Lipinski definition) is 2. The predicted molar refractivity (Wildman–Crippen MR) is 80.1 cm³/mol. The molecule has 0 saturated carbocycles. The molecule has 1 aliphatic heterocycles. The highest BCUT2D eigenvalue weighted by Crippen LogP contribution is 2.24. The van der Waals surface area contributed by atoms with Crippen molar-refractivity contribution in [1.29, 1.82) is 0 Å². The molecule has 6 heteroatoms. The minimum Gasteiger partial charge on any atom is -0.373 e. The molecule has 110 valence electrons. The zero-order chi connectivity index (χ0) is 14.8. The van der Waals surface area contributed by atoms with Crippen LogP contribution < -0.4 is 15.5 Å². The van der Waals surface area contributed by atoms with Gasteiger partial charge in [0.05, 0.1) is 0 Å². The van der Waals surface area contributed by atoms with Crippen molar-refractivity contribution in [3.05, 3.63) is 11.9 Å². The molecule has 0 bridgehead atoms. The second-order valence-corrected chi connectivity index (χ2v) is 6.02. The van der Waals surface area contributed by atoms with Crippen LogP contribution in [0.15, 0.2) is 6.07 Å². The average Bonchev–Trinajstić information content (AvgIpc) is 2.62. The van der Waals surface area contributed by atoms with Gasteiger partial charge in [-0.15, -0.1) is 0 Å². The van der Waals surface area contributed by atoms with Gasteiger partial charge in [-0.2, -0.15) is 0 Å². The second-order valence-electron chi connectivity index (χ2n) is 6.02. The highest BCUT2D eigenvalue weighted by atomic mass is 16.1. The molecule has 2 heterocycles. The van der Waals surface area contributed by atoms with E-state index in [1.807, 2.05) is 13.1 Å². The maximum absolute atomic E-state index is 11.4. The molecule has 0 unspecified atom stereocenters. The minimum atomic E-state index is -0.110. The number of amides is 1. The molecule has 1 aromatic heterocycles. The maximum atomic E-state index is 11.4. The van der Waals surface area contributed by atoms with E-state index in [-0.39, 0.29) is 11.3 Å². The van der Waals surface area contributed by atoms with Crippen molar-refractivity contribution >= 4 is 17.5 Å². The molecule has 1 saturated heterocycles. The first-order valence-electron chi connectivity index (χ1n) is 6.99. The molecule has 1 aromatic rings. The van der Waals surface area contributed by atoms with Crippen molar-refractivity contribution in [2.75, 3.05) is 36.9 Å². The molecule has 0 atom stereocenters. The van der Waals surface area contributed by atoms with Gasteiger partial charge in [-0.05, 0) is 0 Å². The molecule has 20 heavy (non-hydrogen) atoms. The number of hydrogen-bond acceptors (Lipinski definition) is 5. The normalized spacial score (nSPS) is 16.6. The zero-order valence-corrected chi connectivity index (χ0v) is 12.7. The molecule has 0 aromatic carbocycles. The number of carbonyl (C=O) groups is 1. The third-order valence-electron chi connectivity index (χ3n) is 3.28. The molecular formula is C14H23N5O. The molecule has 1 amide bonds. The van der Waals surface area contributed by atoms with Crippen LogP contribution in [-0.2, 0) is 10.2 Å². The number of anilines is 2. The molecule has 0 radical (unpaired) electrons. The smallest absolute Gasteiger partial charge is 0.221 e. The highest BCUT2D eigenvalue weighted by molar-refractivity contribution is 5.77. The van der Waals surface area contributed by atoms with Crippen molar-refractivity contribution in [2.45, 2.75) is 32.6 Å². The SMILES string of the molecule is CNc1cc(N2CCNC(=O)CC2)nc(C(C)(C)C)n1. The topological polar surface area (TPSA) is 70.2 Å². The third kappa shape index (κ3) is 3.37. The molecule has 2 rings (SSSR count). The van der Waals surface area contributed by atoms with E-state index in [4.69, 9.17) is 0 Å². The fourth-order valence-corrected chi connectivity index (χ4v) is 2.06. The highest BCUT2D eigenvalue weighted by Gasteiger charge is 2.22. The Kier molecular flexibility index (Phi) is 4.11. The van der Waals surface area contributed by atoms with Gasteiger partial charge in [0.1, 0.15) is 17.5 Å². The fourth-order valence-electron chi connectivity index (χ4n) is 2.06. The quantitative estimate of drug-likeness (QED) is 0.848. The molecule has 2 N–H and O–H groups in total. The summed E-state index contributed by atoms with van der Waals surface area (Å²) >= 11 is 0. The Hall–Kier alpha value is -1.85. The predicted octanol–water partition coefficient (Wildman–Crippen LogP) is 1.14. The lowest BCUT2D eigenvalue weighted by Crippen LogP contribution is -2.30. The van der Waals surface area contributed by atoms with E-state index < -0.39 is 0 Å². The van der Waals surface area contributed by atoms with E-state index >= 15 is 0 Å². The maximum Gasteiger partial charge on any atom is 0.221 e. The fraction of sp³-hybridized carbons (Fsp3) is 0.643. The van der Waals surface area contributed by atoms with Gasteiger partial charge in [-0.3, -0.25) is 4.79 Å². The Morgan fingerprint density at radius 2 is 2.05 bits per heavy atom. The van der Waals surface area contributed by atoms with Crippen LogP contribution in [0.5, 0.6) is 0 Å². The van der Waals surface area contributed by atoms with Crippen LogP contribution >= 0.6 is 0 Å². The van der Waals surface area contributed by atoms with Crippen LogP contribution in [0, 0.1) is 0 Å². The molecule has 0 aliphatic carbocycles. The number of carbonyl (C=O) groups excluding carboxylic acids is 1. The van der Waals surface area contributed by atoms with Gasteiger partial charge >= 0.3 is 0 Å². The summed E-state index contributed by atoms with van der Waals surface area (Å²) in [7, 11) is 1.85. The number of rotatable bonds is 2. The van der Waals surface area contributed by atoms with Crippen LogP contribution in [0.3, 0.4) is 0 Å². The first kappa shape index (κ1) is 14.6. The van der Waals surface area contributed by atoms with Gasteiger partial charge < -0.3 is 15.5 Å². The summed E-state index contributed by atoms with van der Waals surface area (Å²) in [4.78, 5) is 22.8.